The van der Waals surface area contributed by atoms with E-state index in [2.05, 4.69) is 4.72 Å². The van der Waals surface area contributed by atoms with Crippen molar-refractivity contribution in [3.05, 3.63) is 93.5 Å². The third kappa shape index (κ3) is 5.18. The maximum atomic E-state index is 12.4. The van der Waals surface area contributed by atoms with Crippen LogP contribution in [0.15, 0.2) is 74.8 Å². The van der Waals surface area contributed by atoms with Crippen LogP contribution in [-0.4, -0.2) is 14.7 Å². The summed E-state index contributed by atoms with van der Waals surface area (Å²) in [5.74, 6) is -0.507. The molecule has 0 bridgehead atoms. The summed E-state index contributed by atoms with van der Waals surface area (Å²) in [6.07, 6.45) is 0.361. The summed E-state index contributed by atoms with van der Waals surface area (Å²) < 4.78 is 38.0. The van der Waals surface area contributed by atoms with Crippen molar-refractivity contribution in [3.63, 3.8) is 0 Å². The van der Waals surface area contributed by atoms with Gasteiger partial charge < -0.3 is 9.15 Å². The molecule has 0 spiro atoms. The maximum Gasteiger partial charge on any atom is 0.240 e. The van der Waals surface area contributed by atoms with E-state index in [9.17, 15) is 18.0 Å². The van der Waals surface area contributed by atoms with Gasteiger partial charge in [0.05, 0.1) is 11.4 Å². The van der Waals surface area contributed by atoms with Crippen molar-refractivity contribution in [1.29, 1.82) is 0 Å². The first-order valence-electron chi connectivity index (χ1n) is 8.74. The maximum absolute atomic E-state index is 12.4. The van der Waals surface area contributed by atoms with Gasteiger partial charge in [-0.25, -0.2) is 13.1 Å². The van der Waals surface area contributed by atoms with Crippen molar-refractivity contribution >= 4 is 16.3 Å². The van der Waals surface area contributed by atoms with E-state index in [0.29, 0.717) is 6.29 Å². The number of ether oxygens (including phenoxy) is 1. The first-order chi connectivity index (χ1) is 13.9. The fourth-order valence-corrected chi connectivity index (χ4v) is 3.72. The van der Waals surface area contributed by atoms with Gasteiger partial charge in [-0.1, -0.05) is 42.5 Å². The Hall–Kier alpha value is -3.23. The zero-order valence-corrected chi connectivity index (χ0v) is 16.4. The Labute approximate surface area is 168 Å². The largest absolute Gasteiger partial charge is 0.481 e. The van der Waals surface area contributed by atoms with Gasteiger partial charge in [0.2, 0.25) is 27.0 Å². The second-order valence-electron chi connectivity index (χ2n) is 6.30. The van der Waals surface area contributed by atoms with Gasteiger partial charge in [0.1, 0.15) is 12.4 Å². The molecular weight excluding hydrogens is 394 g/mol. The smallest absolute Gasteiger partial charge is 0.240 e. The molecule has 150 valence electrons. The summed E-state index contributed by atoms with van der Waals surface area (Å²) in [5, 5.41) is 0. The molecule has 0 radical (unpaired) electrons. The van der Waals surface area contributed by atoms with Crippen LogP contribution in [0, 0.1) is 6.92 Å². The minimum Gasteiger partial charge on any atom is -0.481 e. The second-order valence-corrected chi connectivity index (χ2v) is 8.07. The van der Waals surface area contributed by atoms with Gasteiger partial charge in [0.25, 0.3) is 0 Å². The molecule has 0 saturated carbocycles. The molecule has 0 fully saturated rings. The predicted octanol–water partition coefficient (Wildman–Crippen LogP) is 2.82. The highest BCUT2D eigenvalue weighted by Crippen LogP contribution is 2.16. The average molecular weight is 413 g/mol. The highest BCUT2D eigenvalue weighted by atomic mass is 32.2. The molecule has 0 aliphatic heterocycles. The molecule has 29 heavy (non-hydrogen) atoms. The Kier molecular flexibility index (Phi) is 6.26. The van der Waals surface area contributed by atoms with E-state index in [1.165, 1.54) is 12.1 Å². The van der Waals surface area contributed by atoms with E-state index in [1.54, 1.807) is 19.1 Å². The molecule has 1 heterocycles. The molecule has 0 unspecified atom stereocenters. The lowest BCUT2D eigenvalue weighted by atomic mass is 10.2. The molecular formula is C21H19NO6S. The first kappa shape index (κ1) is 20.5. The van der Waals surface area contributed by atoms with Crippen LogP contribution in [0.25, 0.3) is 0 Å². The Bertz CT molecular complexity index is 1170. The molecule has 1 N–H and O–H groups in total. The zero-order chi connectivity index (χ0) is 20.9. The predicted molar refractivity (Wildman–Crippen MR) is 106 cm³/mol. The summed E-state index contributed by atoms with van der Waals surface area (Å²) in [4.78, 5) is 23.8. The number of benzene rings is 2. The van der Waals surface area contributed by atoms with Crippen molar-refractivity contribution < 1.29 is 22.4 Å². The van der Waals surface area contributed by atoms with Gasteiger partial charge in [0.15, 0.2) is 6.29 Å². The molecule has 7 nitrogen and oxygen atoms in total. The van der Waals surface area contributed by atoms with Crippen LogP contribution in [0.3, 0.4) is 0 Å². The minimum atomic E-state index is -3.80. The summed E-state index contributed by atoms with van der Waals surface area (Å²) in [5.41, 5.74) is 1.04. The van der Waals surface area contributed by atoms with E-state index < -0.39 is 15.5 Å². The summed E-state index contributed by atoms with van der Waals surface area (Å²) >= 11 is 0. The number of rotatable bonds is 8. The van der Waals surface area contributed by atoms with Crippen molar-refractivity contribution in [2.45, 2.75) is 25.0 Å². The Morgan fingerprint density at radius 2 is 1.83 bits per heavy atom. The van der Waals surface area contributed by atoms with Crippen LogP contribution in [0.5, 0.6) is 5.75 Å². The van der Waals surface area contributed by atoms with Gasteiger partial charge in [-0.3, -0.25) is 9.59 Å². The van der Waals surface area contributed by atoms with Crippen LogP contribution >= 0.6 is 0 Å². The Morgan fingerprint density at radius 1 is 1.07 bits per heavy atom. The monoisotopic (exact) mass is 413 g/mol. The fraction of sp³-hybridized carbons (Fsp3) is 0.143. The number of carbonyl (C=O) groups excluding carboxylic acids is 1. The van der Waals surface area contributed by atoms with E-state index in [0.717, 1.165) is 17.2 Å². The van der Waals surface area contributed by atoms with Crippen molar-refractivity contribution in [1.82, 2.24) is 4.72 Å². The third-order valence-corrected chi connectivity index (χ3v) is 5.45. The molecule has 0 saturated heterocycles. The van der Waals surface area contributed by atoms with Gasteiger partial charge in [-0.2, -0.15) is 0 Å². The number of hydrogen-bond donors (Lipinski definition) is 1. The van der Waals surface area contributed by atoms with Gasteiger partial charge >= 0.3 is 0 Å². The summed E-state index contributed by atoms with van der Waals surface area (Å²) in [6, 6.07) is 16.6. The highest BCUT2D eigenvalue weighted by Gasteiger charge is 2.17. The van der Waals surface area contributed by atoms with Gasteiger partial charge in [-0.15, -0.1) is 0 Å². The van der Waals surface area contributed by atoms with Crippen molar-refractivity contribution in [3.8, 4) is 5.75 Å². The lowest BCUT2D eigenvalue weighted by Gasteiger charge is -2.10. The molecule has 0 amide bonds. The molecule has 0 aliphatic rings. The molecule has 3 rings (SSSR count). The fourth-order valence-electron chi connectivity index (χ4n) is 2.62. The lowest BCUT2D eigenvalue weighted by molar-refractivity contribution is 0.108. The standard InChI is InChI=1S/C21H19NO6S/c1-15-6-5-9-18(10-15)29(25,26)22-12-17-11-19(24)21(20(13-23)28-17)27-14-16-7-3-2-4-8-16/h2-11,13,22H,12,14H2,1H3. The molecule has 1 aromatic heterocycles. The molecule has 8 heteroatoms. The van der Waals surface area contributed by atoms with Crippen molar-refractivity contribution in [2.75, 3.05) is 0 Å². The number of aldehydes is 1. The molecule has 0 atom stereocenters. The van der Waals surface area contributed by atoms with Crippen molar-refractivity contribution in [2.24, 2.45) is 0 Å². The first-order valence-corrected chi connectivity index (χ1v) is 10.2. The number of nitrogens with one attached hydrogen (secondary N) is 1. The number of carbonyl (C=O) groups is 1. The summed E-state index contributed by atoms with van der Waals surface area (Å²) in [7, 11) is -3.80. The van der Waals surface area contributed by atoms with Crippen LogP contribution < -0.4 is 14.9 Å². The van der Waals surface area contributed by atoms with Gasteiger partial charge in [-0.05, 0) is 30.2 Å². The van der Waals surface area contributed by atoms with Crippen LogP contribution in [0.1, 0.15) is 27.4 Å². The van der Waals surface area contributed by atoms with Crippen LogP contribution in [0.4, 0.5) is 0 Å². The highest BCUT2D eigenvalue weighted by molar-refractivity contribution is 7.89. The number of hydrogen-bond acceptors (Lipinski definition) is 6. The topological polar surface area (TPSA) is 103 Å². The summed E-state index contributed by atoms with van der Waals surface area (Å²) in [6.45, 7) is 1.58. The molecule has 2 aromatic carbocycles. The van der Waals surface area contributed by atoms with E-state index in [-0.39, 0.29) is 35.3 Å². The lowest BCUT2D eigenvalue weighted by Crippen LogP contribution is -2.24. The molecule has 0 aliphatic carbocycles. The zero-order valence-electron chi connectivity index (χ0n) is 15.6. The number of sulfonamides is 1. The Balaban J connectivity index is 1.76. The molecule has 3 aromatic rings. The van der Waals surface area contributed by atoms with Gasteiger partial charge in [0, 0.05) is 6.07 Å². The van der Waals surface area contributed by atoms with E-state index in [4.69, 9.17) is 9.15 Å². The Morgan fingerprint density at radius 3 is 2.52 bits per heavy atom. The SMILES string of the molecule is Cc1cccc(S(=O)(=O)NCc2cc(=O)c(OCc3ccccc3)c(C=O)o2)c1. The van der Waals surface area contributed by atoms with E-state index >= 15 is 0 Å². The minimum absolute atomic E-state index is 0.000360. The third-order valence-electron chi connectivity index (χ3n) is 4.05. The quantitative estimate of drug-likeness (QED) is 0.570. The van der Waals surface area contributed by atoms with E-state index in [1.807, 2.05) is 30.3 Å². The van der Waals surface area contributed by atoms with Crippen LogP contribution in [-0.2, 0) is 23.2 Å². The normalized spacial score (nSPS) is 11.2. The average Bonchev–Trinajstić information content (AvgIpc) is 2.72. The second kappa shape index (κ2) is 8.85. The van der Waals surface area contributed by atoms with Crippen LogP contribution in [0.2, 0.25) is 0 Å². The number of aryl methyl sites for hydroxylation is 1.